The summed E-state index contributed by atoms with van der Waals surface area (Å²) in [7, 11) is 0. The van der Waals surface area contributed by atoms with Gasteiger partial charge in [0.15, 0.2) is 0 Å². The van der Waals surface area contributed by atoms with E-state index in [2.05, 4.69) is 0 Å². The van der Waals surface area contributed by atoms with Crippen molar-refractivity contribution in [2.45, 2.75) is 30.6 Å². The predicted octanol–water partition coefficient (Wildman–Crippen LogP) is -3.43. The summed E-state index contributed by atoms with van der Waals surface area (Å²) in [4.78, 5) is 0. The summed E-state index contributed by atoms with van der Waals surface area (Å²) in [5.74, 6) is 0. The van der Waals surface area contributed by atoms with Gasteiger partial charge in [-0.15, -0.1) is 0 Å². The molecule has 0 spiro atoms. The summed E-state index contributed by atoms with van der Waals surface area (Å²) >= 11 is 0. The van der Waals surface area contributed by atoms with Crippen molar-refractivity contribution in [2.24, 2.45) is 28.7 Å². The quantitative estimate of drug-likeness (QED) is 0.250. The van der Waals surface area contributed by atoms with Crippen molar-refractivity contribution in [3.63, 3.8) is 0 Å². The fraction of sp³-hybridized carbons (Fsp3) is 1.00. The molecule has 0 bridgehead atoms. The van der Waals surface area contributed by atoms with Gasteiger partial charge in [0, 0.05) is 6.04 Å². The molecule has 4 atom stereocenters. The summed E-state index contributed by atoms with van der Waals surface area (Å²) in [6.07, 6.45) is -1.22. The lowest BCUT2D eigenvalue weighted by atomic mass is 9.97. The Morgan fingerprint density at radius 3 is 1.36 bits per heavy atom. The van der Waals surface area contributed by atoms with E-state index in [9.17, 15) is 0 Å². The minimum absolute atomic E-state index is 0.395. The fourth-order valence-corrected chi connectivity index (χ4v) is 1.06. The molecule has 0 amide bonds. The van der Waals surface area contributed by atoms with Crippen LogP contribution in [0.2, 0.25) is 0 Å². The van der Waals surface area contributed by atoms with Crippen LogP contribution in [-0.4, -0.2) is 30.6 Å². The Morgan fingerprint density at radius 2 is 1.00 bits per heavy atom. The van der Waals surface area contributed by atoms with Crippen LogP contribution in [0.1, 0.15) is 0 Å². The van der Waals surface area contributed by atoms with Crippen LogP contribution in [0.15, 0.2) is 0 Å². The number of hydrogen-bond acceptors (Lipinski definition) is 6. The lowest BCUT2D eigenvalue weighted by molar-refractivity contribution is -0.0728. The third-order valence-corrected chi connectivity index (χ3v) is 1.96. The van der Waals surface area contributed by atoms with Gasteiger partial charge in [0.25, 0.3) is 0 Å². The molecule has 6 heteroatoms. The maximum Gasteiger partial charge on any atom is 0.124 e. The zero-order chi connectivity index (χ0) is 8.59. The Morgan fingerprint density at radius 1 is 0.636 bits per heavy atom. The average molecular weight is 161 g/mol. The normalized spacial score (nSPS) is 52.6. The first kappa shape index (κ1) is 8.85. The second-order valence-corrected chi connectivity index (χ2v) is 2.80. The second-order valence-electron chi connectivity index (χ2n) is 2.80. The van der Waals surface area contributed by atoms with Crippen LogP contribution in [0.3, 0.4) is 0 Å². The van der Waals surface area contributed by atoms with Gasteiger partial charge in [-0.05, 0) is 0 Å². The largest absolute Gasteiger partial charge is 0.342 e. The SMILES string of the molecule is NC1OC(N)C(N)C(N)C1N. The molecule has 0 aromatic rings. The number of nitrogens with two attached hydrogens (primary N) is 5. The maximum atomic E-state index is 5.61. The van der Waals surface area contributed by atoms with Gasteiger partial charge in [-0.2, -0.15) is 0 Å². The van der Waals surface area contributed by atoms with Gasteiger partial charge in [-0.1, -0.05) is 0 Å². The molecule has 0 aromatic heterocycles. The summed E-state index contributed by atoms with van der Waals surface area (Å²) < 4.78 is 5.01. The average Bonchev–Trinajstić information content (AvgIpc) is 1.97. The Bertz CT molecular complexity index is 129. The minimum Gasteiger partial charge on any atom is -0.342 e. The molecule has 1 saturated heterocycles. The van der Waals surface area contributed by atoms with Crippen molar-refractivity contribution in [3.05, 3.63) is 0 Å². The third-order valence-electron chi connectivity index (χ3n) is 1.96. The van der Waals surface area contributed by atoms with Gasteiger partial charge >= 0.3 is 0 Å². The molecular weight excluding hydrogens is 146 g/mol. The Labute approximate surface area is 65.0 Å². The second kappa shape index (κ2) is 3.02. The van der Waals surface area contributed by atoms with E-state index < -0.39 is 30.6 Å². The van der Waals surface area contributed by atoms with E-state index in [4.69, 9.17) is 33.4 Å². The molecule has 0 aromatic carbocycles. The first-order chi connectivity index (χ1) is 5.04. The third kappa shape index (κ3) is 1.51. The topological polar surface area (TPSA) is 139 Å². The van der Waals surface area contributed by atoms with Crippen LogP contribution >= 0.6 is 0 Å². The highest BCUT2D eigenvalue weighted by atomic mass is 16.5. The van der Waals surface area contributed by atoms with Crippen LogP contribution in [0.4, 0.5) is 0 Å². The molecule has 0 saturated carbocycles. The van der Waals surface area contributed by atoms with Gasteiger partial charge < -0.3 is 33.4 Å². The zero-order valence-corrected chi connectivity index (χ0v) is 6.18. The summed E-state index contributed by atoms with van der Waals surface area (Å²) in [6.45, 7) is 0. The minimum atomic E-state index is -0.611. The van der Waals surface area contributed by atoms with Gasteiger partial charge in [0.2, 0.25) is 0 Å². The van der Waals surface area contributed by atoms with Crippen LogP contribution in [0.5, 0.6) is 0 Å². The van der Waals surface area contributed by atoms with Crippen LogP contribution in [0, 0.1) is 0 Å². The van der Waals surface area contributed by atoms with E-state index in [1.165, 1.54) is 0 Å². The zero-order valence-electron chi connectivity index (χ0n) is 6.18. The van der Waals surface area contributed by atoms with E-state index in [0.29, 0.717) is 0 Å². The molecule has 6 nitrogen and oxygen atoms in total. The molecule has 10 N–H and O–H groups in total. The summed E-state index contributed by atoms with van der Waals surface area (Å²) in [6, 6.07) is -1.27. The number of hydrogen-bond donors (Lipinski definition) is 5. The van der Waals surface area contributed by atoms with E-state index in [1.54, 1.807) is 0 Å². The monoisotopic (exact) mass is 161 g/mol. The van der Waals surface area contributed by atoms with Crippen LogP contribution in [0.25, 0.3) is 0 Å². The Kier molecular flexibility index (Phi) is 2.43. The maximum absolute atomic E-state index is 5.61. The smallest absolute Gasteiger partial charge is 0.124 e. The van der Waals surface area contributed by atoms with E-state index in [0.717, 1.165) is 0 Å². The molecule has 0 radical (unpaired) electrons. The van der Waals surface area contributed by atoms with Crippen molar-refractivity contribution in [3.8, 4) is 0 Å². The van der Waals surface area contributed by atoms with Gasteiger partial charge in [-0.25, -0.2) is 0 Å². The van der Waals surface area contributed by atoms with Crippen LogP contribution in [-0.2, 0) is 4.74 Å². The Hall–Kier alpha value is -0.240. The van der Waals surface area contributed by atoms with Crippen molar-refractivity contribution in [1.29, 1.82) is 0 Å². The molecule has 1 heterocycles. The summed E-state index contributed by atoms with van der Waals surface area (Å²) in [5, 5.41) is 0. The molecule has 0 aliphatic carbocycles. The lowest BCUT2D eigenvalue weighted by Gasteiger charge is -2.39. The standard InChI is InChI=1S/C5H15N5O/c6-1-2(7)4(9)11-5(10)3(1)8/h1-5H,6-10H2. The fourth-order valence-electron chi connectivity index (χ4n) is 1.06. The first-order valence-electron chi connectivity index (χ1n) is 3.47. The Balaban J connectivity index is 2.63. The van der Waals surface area contributed by atoms with Crippen molar-refractivity contribution < 1.29 is 4.74 Å². The molecule has 4 unspecified atom stereocenters. The number of ether oxygens (including phenoxy) is 1. The highest BCUT2D eigenvalue weighted by Gasteiger charge is 2.36. The first-order valence-corrected chi connectivity index (χ1v) is 3.47. The van der Waals surface area contributed by atoms with Gasteiger partial charge in [-0.3, -0.25) is 0 Å². The lowest BCUT2D eigenvalue weighted by Crippen LogP contribution is -2.71. The van der Waals surface area contributed by atoms with Crippen LogP contribution < -0.4 is 28.7 Å². The van der Waals surface area contributed by atoms with E-state index in [1.807, 2.05) is 0 Å². The molecule has 66 valence electrons. The van der Waals surface area contributed by atoms with E-state index in [-0.39, 0.29) is 0 Å². The van der Waals surface area contributed by atoms with E-state index >= 15 is 0 Å². The highest BCUT2D eigenvalue weighted by molar-refractivity contribution is 4.95. The van der Waals surface area contributed by atoms with Gasteiger partial charge in [0.1, 0.15) is 12.5 Å². The highest BCUT2D eigenvalue weighted by Crippen LogP contribution is 2.09. The van der Waals surface area contributed by atoms with Crippen molar-refractivity contribution in [2.75, 3.05) is 0 Å². The molecule has 1 fully saturated rings. The molecule has 1 aliphatic rings. The predicted molar refractivity (Wildman–Crippen MR) is 41.0 cm³/mol. The number of rotatable bonds is 0. The van der Waals surface area contributed by atoms with Crippen molar-refractivity contribution in [1.82, 2.24) is 0 Å². The molecule has 1 aliphatic heterocycles. The molecule has 11 heavy (non-hydrogen) atoms. The molecule has 1 rings (SSSR count). The van der Waals surface area contributed by atoms with Crippen molar-refractivity contribution >= 4 is 0 Å². The summed E-state index contributed by atoms with van der Waals surface area (Å²) in [5.41, 5.74) is 27.7. The molecular formula is C5H15N5O. The van der Waals surface area contributed by atoms with Gasteiger partial charge in [0.05, 0.1) is 12.1 Å².